The molecule has 0 saturated heterocycles. The second kappa shape index (κ2) is 13.1. The summed E-state index contributed by atoms with van der Waals surface area (Å²) in [6.45, 7) is 6.68. The minimum Gasteiger partial charge on any atom is -0.357 e. The van der Waals surface area contributed by atoms with Crippen molar-refractivity contribution in [1.29, 1.82) is 0 Å². The van der Waals surface area contributed by atoms with Crippen molar-refractivity contribution in [2.75, 3.05) is 18.4 Å². The predicted octanol–water partition coefficient (Wildman–Crippen LogP) is 3.00. The zero-order valence-electron chi connectivity index (χ0n) is 15.9. The highest BCUT2D eigenvalue weighted by Gasteiger charge is 2.04. The number of amides is 1. The van der Waals surface area contributed by atoms with Crippen molar-refractivity contribution in [2.24, 2.45) is 4.99 Å². The molecule has 1 heterocycles. The predicted molar refractivity (Wildman–Crippen MR) is 120 cm³/mol. The van der Waals surface area contributed by atoms with E-state index in [1.165, 1.54) is 0 Å². The fraction of sp³-hybridized carbons (Fsp3) is 0.421. The van der Waals surface area contributed by atoms with Gasteiger partial charge < -0.3 is 16.0 Å². The van der Waals surface area contributed by atoms with Gasteiger partial charge in [0.25, 0.3) is 0 Å². The molecule has 0 radical (unpaired) electrons. The SMILES string of the molecule is CCCCNC(=NCc1cccc(NC(=O)Cn2cccn2)c1)NCC.I. The number of benzene rings is 1. The maximum Gasteiger partial charge on any atom is 0.246 e. The molecule has 148 valence electrons. The van der Waals surface area contributed by atoms with Gasteiger partial charge in [0, 0.05) is 31.2 Å². The van der Waals surface area contributed by atoms with Gasteiger partial charge in [0.1, 0.15) is 6.54 Å². The number of hydrogen-bond acceptors (Lipinski definition) is 3. The minimum absolute atomic E-state index is 0. The number of halogens is 1. The summed E-state index contributed by atoms with van der Waals surface area (Å²) in [5, 5.41) is 13.5. The van der Waals surface area contributed by atoms with Gasteiger partial charge in [0.15, 0.2) is 5.96 Å². The standard InChI is InChI=1S/C19H28N6O.HI/c1-3-5-10-21-19(20-4-2)22-14-16-8-6-9-17(13-16)24-18(26)15-25-12-7-11-23-25;/h6-9,11-13H,3-5,10,14-15H2,1-2H3,(H,24,26)(H2,20,21,22);1H. The average molecular weight is 484 g/mol. The lowest BCUT2D eigenvalue weighted by Gasteiger charge is -2.11. The van der Waals surface area contributed by atoms with E-state index in [0.717, 1.165) is 43.1 Å². The number of aromatic nitrogens is 2. The van der Waals surface area contributed by atoms with E-state index in [1.54, 1.807) is 23.1 Å². The maximum atomic E-state index is 12.1. The van der Waals surface area contributed by atoms with Gasteiger partial charge in [-0.25, -0.2) is 4.99 Å². The molecule has 8 heteroatoms. The number of aliphatic imine (C=N–C) groups is 1. The lowest BCUT2D eigenvalue weighted by molar-refractivity contribution is -0.116. The van der Waals surface area contributed by atoms with Crippen molar-refractivity contribution in [2.45, 2.75) is 39.8 Å². The summed E-state index contributed by atoms with van der Waals surface area (Å²) in [7, 11) is 0. The van der Waals surface area contributed by atoms with Crippen LogP contribution in [0.1, 0.15) is 32.3 Å². The van der Waals surface area contributed by atoms with Crippen LogP contribution in [0.15, 0.2) is 47.7 Å². The first-order valence-corrected chi connectivity index (χ1v) is 9.09. The Morgan fingerprint density at radius 3 is 2.78 bits per heavy atom. The Hall–Kier alpha value is -2.10. The van der Waals surface area contributed by atoms with Gasteiger partial charge >= 0.3 is 0 Å². The number of carbonyl (C=O) groups excluding carboxylic acids is 1. The molecular formula is C19H29IN6O. The summed E-state index contributed by atoms with van der Waals surface area (Å²) >= 11 is 0. The van der Waals surface area contributed by atoms with Crippen LogP contribution in [-0.2, 0) is 17.9 Å². The Kier molecular flexibility index (Phi) is 11.2. The number of guanidine groups is 1. The molecule has 1 amide bonds. The number of nitrogens with zero attached hydrogens (tertiary/aromatic N) is 3. The topological polar surface area (TPSA) is 83.3 Å². The van der Waals surface area contributed by atoms with Crippen LogP contribution in [0.25, 0.3) is 0 Å². The minimum atomic E-state index is -0.107. The number of nitrogens with one attached hydrogen (secondary N) is 3. The number of hydrogen-bond donors (Lipinski definition) is 3. The van der Waals surface area contributed by atoms with Crippen LogP contribution in [-0.4, -0.2) is 34.7 Å². The second-order valence-corrected chi connectivity index (χ2v) is 5.93. The summed E-state index contributed by atoms with van der Waals surface area (Å²) in [5.74, 6) is 0.706. The Balaban J connectivity index is 0.00000364. The molecular weight excluding hydrogens is 455 g/mol. The van der Waals surface area contributed by atoms with Gasteiger partial charge in [-0.3, -0.25) is 9.48 Å². The van der Waals surface area contributed by atoms with Crippen molar-refractivity contribution in [1.82, 2.24) is 20.4 Å². The monoisotopic (exact) mass is 484 g/mol. The molecule has 3 N–H and O–H groups in total. The first-order valence-electron chi connectivity index (χ1n) is 9.09. The van der Waals surface area contributed by atoms with Crippen LogP contribution in [0.3, 0.4) is 0 Å². The zero-order chi connectivity index (χ0) is 18.6. The van der Waals surface area contributed by atoms with Gasteiger partial charge in [-0.1, -0.05) is 25.5 Å². The quantitative estimate of drug-likeness (QED) is 0.221. The van der Waals surface area contributed by atoms with Crippen LogP contribution in [0.2, 0.25) is 0 Å². The molecule has 7 nitrogen and oxygen atoms in total. The fourth-order valence-electron chi connectivity index (χ4n) is 2.38. The summed E-state index contributed by atoms with van der Waals surface area (Å²) in [6, 6.07) is 9.54. The highest BCUT2D eigenvalue weighted by atomic mass is 127. The van der Waals surface area contributed by atoms with E-state index in [0.29, 0.717) is 6.54 Å². The van der Waals surface area contributed by atoms with E-state index < -0.39 is 0 Å². The fourth-order valence-corrected chi connectivity index (χ4v) is 2.38. The smallest absolute Gasteiger partial charge is 0.246 e. The summed E-state index contributed by atoms with van der Waals surface area (Å²) in [4.78, 5) is 16.7. The van der Waals surface area contributed by atoms with Crippen molar-refractivity contribution in [3.8, 4) is 0 Å². The molecule has 0 aliphatic heterocycles. The van der Waals surface area contributed by atoms with Crippen LogP contribution < -0.4 is 16.0 Å². The van der Waals surface area contributed by atoms with E-state index >= 15 is 0 Å². The van der Waals surface area contributed by atoms with E-state index in [1.807, 2.05) is 31.2 Å². The van der Waals surface area contributed by atoms with Crippen molar-refractivity contribution in [3.63, 3.8) is 0 Å². The molecule has 1 aromatic carbocycles. The average Bonchev–Trinajstić information content (AvgIpc) is 3.13. The summed E-state index contributed by atoms with van der Waals surface area (Å²) < 4.78 is 1.59. The Labute approximate surface area is 178 Å². The van der Waals surface area contributed by atoms with Crippen LogP contribution in [0.5, 0.6) is 0 Å². The summed E-state index contributed by atoms with van der Waals surface area (Å²) in [6.07, 6.45) is 5.68. The molecule has 27 heavy (non-hydrogen) atoms. The molecule has 0 aliphatic carbocycles. The number of unbranched alkanes of at least 4 members (excludes halogenated alkanes) is 1. The van der Waals surface area contributed by atoms with Crippen LogP contribution in [0.4, 0.5) is 5.69 Å². The lowest BCUT2D eigenvalue weighted by Crippen LogP contribution is -2.37. The Morgan fingerprint density at radius 1 is 1.22 bits per heavy atom. The molecule has 0 spiro atoms. The lowest BCUT2D eigenvalue weighted by atomic mass is 10.2. The van der Waals surface area contributed by atoms with E-state index in [4.69, 9.17) is 0 Å². The molecule has 0 atom stereocenters. The largest absolute Gasteiger partial charge is 0.357 e. The van der Waals surface area contributed by atoms with Crippen LogP contribution >= 0.6 is 24.0 Å². The molecule has 0 fully saturated rings. The normalized spacial score (nSPS) is 10.8. The second-order valence-electron chi connectivity index (χ2n) is 5.93. The Morgan fingerprint density at radius 2 is 2.07 bits per heavy atom. The van der Waals surface area contributed by atoms with Crippen LogP contribution in [0, 0.1) is 0 Å². The third-order valence-corrected chi connectivity index (χ3v) is 3.66. The third kappa shape index (κ3) is 8.89. The molecule has 0 aliphatic rings. The van der Waals surface area contributed by atoms with Crippen molar-refractivity contribution in [3.05, 3.63) is 48.3 Å². The molecule has 0 unspecified atom stereocenters. The van der Waals surface area contributed by atoms with Crippen molar-refractivity contribution >= 4 is 41.5 Å². The van der Waals surface area contributed by atoms with Gasteiger partial charge in [-0.2, -0.15) is 5.10 Å². The molecule has 1 aromatic heterocycles. The highest BCUT2D eigenvalue weighted by molar-refractivity contribution is 14.0. The van der Waals surface area contributed by atoms with Gasteiger partial charge in [0.05, 0.1) is 6.54 Å². The summed E-state index contributed by atoms with van der Waals surface area (Å²) in [5.41, 5.74) is 1.80. The molecule has 2 rings (SSSR count). The van der Waals surface area contributed by atoms with Gasteiger partial charge in [-0.05, 0) is 37.1 Å². The first-order chi connectivity index (χ1) is 12.7. The van der Waals surface area contributed by atoms with E-state index in [9.17, 15) is 4.79 Å². The third-order valence-electron chi connectivity index (χ3n) is 3.66. The molecule has 0 saturated carbocycles. The number of anilines is 1. The molecule has 2 aromatic rings. The number of carbonyl (C=O) groups is 1. The van der Waals surface area contributed by atoms with E-state index in [-0.39, 0.29) is 36.4 Å². The van der Waals surface area contributed by atoms with E-state index in [2.05, 4.69) is 33.0 Å². The first kappa shape index (κ1) is 22.9. The highest BCUT2D eigenvalue weighted by Crippen LogP contribution is 2.11. The van der Waals surface area contributed by atoms with Crippen molar-refractivity contribution < 1.29 is 4.79 Å². The number of rotatable bonds is 9. The maximum absolute atomic E-state index is 12.1. The van der Waals surface area contributed by atoms with Gasteiger partial charge in [-0.15, -0.1) is 24.0 Å². The Bertz CT molecular complexity index is 702. The van der Waals surface area contributed by atoms with Gasteiger partial charge in [0.2, 0.25) is 5.91 Å². The zero-order valence-corrected chi connectivity index (χ0v) is 18.3. The molecule has 0 bridgehead atoms.